The second-order valence-electron chi connectivity index (χ2n) is 4.47. The largest absolute Gasteiger partial charge is 0.289 e. The number of hydrogen-bond donors (Lipinski definition) is 1. The zero-order chi connectivity index (χ0) is 12.7. The zero-order valence-electron chi connectivity index (χ0n) is 10.3. The summed E-state index contributed by atoms with van der Waals surface area (Å²) in [5.41, 5.74) is 4.43. The first-order valence-electron chi connectivity index (χ1n) is 5.80. The molecule has 0 aliphatic carbocycles. The number of nitrogens with zero attached hydrogens (tertiary/aromatic N) is 2. The van der Waals surface area contributed by atoms with E-state index in [9.17, 15) is 4.79 Å². The smallest absolute Gasteiger partial charge is 0.272 e. The highest BCUT2D eigenvalue weighted by molar-refractivity contribution is 5.64. The Morgan fingerprint density at radius 1 is 1.17 bits per heavy atom. The molecule has 0 aliphatic rings. The molecule has 0 amide bonds. The lowest BCUT2D eigenvalue weighted by Crippen LogP contribution is -2.14. The lowest BCUT2D eigenvalue weighted by Gasteiger charge is -1.98. The first kappa shape index (κ1) is 10.8. The van der Waals surface area contributed by atoms with E-state index < -0.39 is 0 Å². The Labute approximate surface area is 104 Å². The summed E-state index contributed by atoms with van der Waals surface area (Å²) >= 11 is 0. The van der Waals surface area contributed by atoms with Gasteiger partial charge in [-0.15, -0.1) is 0 Å². The Bertz CT molecular complexity index is 783. The molecule has 4 heteroatoms. The molecule has 0 spiro atoms. The lowest BCUT2D eigenvalue weighted by atomic mass is 10.1. The Morgan fingerprint density at radius 2 is 2.00 bits per heavy atom. The van der Waals surface area contributed by atoms with Crippen molar-refractivity contribution in [3.8, 4) is 11.3 Å². The monoisotopic (exact) mass is 239 g/mol. The predicted molar refractivity (Wildman–Crippen MR) is 70.7 cm³/mol. The fourth-order valence-electron chi connectivity index (χ4n) is 2.07. The summed E-state index contributed by atoms with van der Waals surface area (Å²) in [4.78, 5) is 16.1. The minimum atomic E-state index is -0.0867. The maximum Gasteiger partial charge on any atom is 0.272 e. The predicted octanol–water partition coefficient (Wildman–Crippen LogP) is 2.31. The van der Waals surface area contributed by atoms with E-state index in [1.165, 1.54) is 16.1 Å². The van der Waals surface area contributed by atoms with Crippen molar-refractivity contribution in [1.29, 1.82) is 0 Å². The van der Waals surface area contributed by atoms with Crippen LogP contribution in [0.2, 0.25) is 0 Å². The molecule has 0 saturated carbocycles. The van der Waals surface area contributed by atoms with Gasteiger partial charge >= 0.3 is 0 Å². The average Bonchev–Trinajstić information content (AvgIpc) is 2.73. The van der Waals surface area contributed by atoms with E-state index in [-0.39, 0.29) is 5.56 Å². The van der Waals surface area contributed by atoms with E-state index in [0.717, 1.165) is 17.0 Å². The van der Waals surface area contributed by atoms with Crippen molar-refractivity contribution in [2.75, 3.05) is 0 Å². The van der Waals surface area contributed by atoms with E-state index in [2.05, 4.69) is 16.1 Å². The molecule has 18 heavy (non-hydrogen) atoms. The first-order valence-corrected chi connectivity index (χ1v) is 5.80. The highest BCUT2D eigenvalue weighted by Crippen LogP contribution is 2.19. The summed E-state index contributed by atoms with van der Waals surface area (Å²) in [6.07, 6.45) is 0. The number of benzene rings is 1. The Kier molecular flexibility index (Phi) is 2.30. The van der Waals surface area contributed by atoms with Crippen molar-refractivity contribution < 1.29 is 0 Å². The zero-order valence-corrected chi connectivity index (χ0v) is 10.3. The minimum absolute atomic E-state index is 0.0867. The summed E-state index contributed by atoms with van der Waals surface area (Å²) in [7, 11) is 0. The molecule has 0 atom stereocenters. The van der Waals surface area contributed by atoms with Gasteiger partial charge in [0.25, 0.3) is 5.56 Å². The molecule has 4 nitrogen and oxygen atoms in total. The van der Waals surface area contributed by atoms with Gasteiger partial charge in [-0.05, 0) is 25.5 Å². The molecule has 0 radical (unpaired) electrons. The van der Waals surface area contributed by atoms with Gasteiger partial charge in [0.1, 0.15) is 0 Å². The van der Waals surface area contributed by atoms with E-state index in [4.69, 9.17) is 0 Å². The van der Waals surface area contributed by atoms with Gasteiger partial charge in [0.15, 0.2) is 5.65 Å². The van der Waals surface area contributed by atoms with Crippen molar-refractivity contribution in [2.45, 2.75) is 13.8 Å². The topological polar surface area (TPSA) is 50.2 Å². The highest BCUT2D eigenvalue weighted by Gasteiger charge is 2.06. The number of aryl methyl sites for hydroxylation is 2. The van der Waals surface area contributed by atoms with Crippen LogP contribution in [0.1, 0.15) is 11.3 Å². The van der Waals surface area contributed by atoms with Crippen molar-refractivity contribution in [1.82, 2.24) is 14.6 Å². The number of H-pyrrole nitrogens is 1. The number of aromatic amines is 1. The molecule has 90 valence electrons. The molecule has 2 heterocycles. The molecule has 2 aromatic heterocycles. The second-order valence-corrected chi connectivity index (χ2v) is 4.47. The van der Waals surface area contributed by atoms with Gasteiger partial charge in [-0.3, -0.25) is 9.89 Å². The SMILES string of the molecule is Cc1cccc(-c2cc3nc(C)cc(=O)n3[nH]2)c1. The standard InChI is InChI=1S/C14H13N3O/c1-9-4-3-5-11(6-9)12-8-13-15-10(2)7-14(18)17(13)16-12/h3-8,16H,1-2H3. The van der Waals surface area contributed by atoms with E-state index in [0.29, 0.717) is 5.65 Å². The van der Waals surface area contributed by atoms with Crippen LogP contribution in [0.3, 0.4) is 0 Å². The molecule has 1 aromatic carbocycles. The molecule has 1 N–H and O–H groups in total. The molecule has 0 bridgehead atoms. The lowest BCUT2D eigenvalue weighted by molar-refractivity contribution is 0.893. The molecule has 0 fully saturated rings. The molecule has 0 saturated heterocycles. The van der Waals surface area contributed by atoms with Crippen LogP contribution < -0.4 is 5.56 Å². The Hall–Kier alpha value is -2.36. The third-order valence-electron chi connectivity index (χ3n) is 2.91. The number of nitrogens with one attached hydrogen (secondary N) is 1. The van der Waals surface area contributed by atoms with Crippen molar-refractivity contribution in [3.63, 3.8) is 0 Å². The van der Waals surface area contributed by atoms with Crippen LogP contribution in [-0.2, 0) is 0 Å². The van der Waals surface area contributed by atoms with Crippen LogP contribution in [-0.4, -0.2) is 14.6 Å². The fourth-order valence-corrected chi connectivity index (χ4v) is 2.07. The van der Waals surface area contributed by atoms with Crippen LogP contribution in [0.25, 0.3) is 16.9 Å². The normalized spacial score (nSPS) is 11.0. The van der Waals surface area contributed by atoms with Gasteiger partial charge in [-0.25, -0.2) is 9.50 Å². The van der Waals surface area contributed by atoms with Gasteiger partial charge in [-0.2, -0.15) is 0 Å². The quantitative estimate of drug-likeness (QED) is 0.708. The van der Waals surface area contributed by atoms with E-state index in [1.807, 2.05) is 38.1 Å². The fraction of sp³-hybridized carbons (Fsp3) is 0.143. The molecule has 3 rings (SSSR count). The van der Waals surface area contributed by atoms with Crippen LogP contribution in [0.5, 0.6) is 0 Å². The maximum absolute atomic E-state index is 11.8. The van der Waals surface area contributed by atoms with Crippen LogP contribution in [0.15, 0.2) is 41.2 Å². The molecule has 0 aliphatic heterocycles. The van der Waals surface area contributed by atoms with Crippen LogP contribution >= 0.6 is 0 Å². The Morgan fingerprint density at radius 3 is 2.78 bits per heavy atom. The van der Waals surface area contributed by atoms with Gasteiger partial charge in [0.2, 0.25) is 0 Å². The summed E-state index contributed by atoms with van der Waals surface area (Å²) in [6, 6.07) is 11.5. The third-order valence-corrected chi connectivity index (χ3v) is 2.91. The summed E-state index contributed by atoms with van der Waals surface area (Å²) in [5.74, 6) is 0. The molecule has 3 aromatic rings. The molecule has 0 unspecified atom stereocenters. The highest BCUT2D eigenvalue weighted by atomic mass is 16.1. The summed E-state index contributed by atoms with van der Waals surface area (Å²) in [6.45, 7) is 3.86. The molecular formula is C14H13N3O. The summed E-state index contributed by atoms with van der Waals surface area (Å²) < 4.78 is 1.46. The van der Waals surface area contributed by atoms with Gasteiger partial charge < -0.3 is 0 Å². The number of hydrogen-bond acceptors (Lipinski definition) is 2. The number of fused-ring (bicyclic) bond motifs is 1. The van der Waals surface area contributed by atoms with Crippen molar-refractivity contribution in [3.05, 3.63) is 58.0 Å². The van der Waals surface area contributed by atoms with Crippen LogP contribution in [0, 0.1) is 13.8 Å². The molecular weight excluding hydrogens is 226 g/mol. The third kappa shape index (κ3) is 1.72. The van der Waals surface area contributed by atoms with Crippen LogP contribution in [0.4, 0.5) is 0 Å². The summed E-state index contributed by atoms with van der Waals surface area (Å²) in [5, 5.41) is 3.08. The van der Waals surface area contributed by atoms with Gasteiger partial charge in [-0.1, -0.05) is 23.8 Å². The maximum atomic E-state index is 11.8. The second kappa shape index (κ2) is 3.84. The van der Waals surface area contributed by atoms with Crippen molar-refractivity contribution >= 4 is 5.65 Å². The minimum Gasteiger partial charge on any atom is -0.289 e. The van der Waals surface area contributed by atoms with Crippen molar-refractivity contribution in [2.24, 2.45) is 0 Å². The van der Waals surface area contributed by atoms with Gasteiger partial charge in [0, 0.05) is 17.8 Å². The number of rotatable bonds is 1. The average molecular weight is 239 g/mol. The van der Waals surface area contributed by atoms with Gasteiger partial charge in [0.05, 0.1) is 5.69 Å². The Balaban J connectivity index is 2.26. The number of aromatic nitrogens is 3. The van der Waals surface area contributed by atoms with E-state index in [1.54, 1.807) is 0 Å². The first-order chi connectivity index (χ1) is 8.63. The van der Waals surface area contributed by atoms with E-state index >= 15 is 0 Å².